The minimum Gasteiger partial charge on any atom is -0.500 e. The number of nitro groups is 1. The zero-order valence-corrected chi connectivity index (χ0v) is 16.2. The normalized spacial score (nSPS) is 15.3. The number of rotatable bonds is 5. The van der Waals surface area contributed by atoms with Gasteiger partial charge < -0.3 is 9.84 Å². The third-order valence-corrected chi connectivity index (χ3v) is 4.29. The zero-order valence-electron chi connectivity index (χ0n) is 15.4. The highest BCUT2D eigenvalue weighted by Crippen LogP contribution is 2.38. The van der Waals surface area contributed by atoms with Crippen molar-refractivity contribution in [2.75, 3.05) is 11.5 Å². The van der Waals surface area contributed by atoms with Gasteiger partial charge in [-0.05, 0) is 42.8 Å². The average Bonchev–Trinajstić information content (AvgIpc) is 2.67. The van der Waals surface area contributed by atoms with Crippen LogP contribution in [0.3, 0.4) is 0 Å². The number of phenols is 1. The number of barbiturate groups is 1. The fourth-order valence-corrected chi connectivity index (χ4v) is 2.96. The average molecular weight is 432 g/mol. The Hall–Kier alpha value is -3.92. The van der Waals surface area contributed by atoms with Crippen molar-refractivity contribution in [3.63, 3.8) is 0 Å². The maximum absolute atomic E-state index is 12.9. The predicted octanol–water partition coefficient (Wildman–Crippen LogP) is 3.02. The summed E-state index contributed by atoms with van der Waals surface area (Å²) in [5, 5.41) is 23.5. The molecule has 0 saturated carbocycles. The number of aromatic hydroxyl groups is 1. The van der Waals surface area contributed by atoms with Gasteiger partial charge in [0.05, 0.1) is 17.2 Å². The summed E-state index contributed by atoms with van der Waals surface area (Å²) in [5.74, 6) is -2.79. The van der Waals surface area contributed by atoms with Gasteiger partial charge in [-0.3, -0.25) is 25.0 Å². The predicted molar refractivity (Wildman–Crippen MR) is 106 cm³/mol. The molecule has 1 heterocycles. The number of carbonyl (C=O) groups excluding carboxylic acids is 3. The van der Waals surface area contributed by atoms with Gasteiger partial charge in [0.15, 0.2) is 5.75 Å². The SMILES string of the molecule is CCOc1cc(/C=C2\C(=O)NC(=O)N(c3cccc(Cl)c3)C2=O)cc([N+](=O)[O-])c1O. The van der Waals surface area contributed by atoms with Crippen molar-refractivity contribution < 1.29 is 29.2 Å². The summed E-state index contributed by atoms with van der Waals surface area (Å²) >= 11 is 5.91. The van der Waals surface area contributed by atoms with E-state index in [1.54, 1.807) is 13.0 Å². The molecule has 1 aliphatic rings. The third-order valence-electron chi connectivity index (χ3n) is 4.05. The van der Waals surface area contributed by atoms with E-state index in [1.807, 2.05) is 5.32 Å². The molecule has 2 aromatic carbocycles. The number of nitrogens with one attached hydrogen (secondary N) is 1. The van der Waals surface area contributed by atoms with Crippen LogP contribution < -0.4 is 15.0 Å². The number of imide groups is 2. The van der Waals surface area contributed by atoms with Crippen molar-refractivity contribution in [1.82, 2.24) is 5.32 Å². The Bertz CT molecular complexity index is 1110. The summed E-state index contributed by atoms with van der Waals surface area (Å²) in [6.07, 6.45) is 1.07. The van der Waals surface area contributed by atoms with E-state index in [4.69, 9.17) is 16.3 Å². The summed E-state index contributed by atoms with van der Waals surface area (Å²) < 4.78 is 5.18. The first-order valence-corrected chi connectivity index (χ1v) is 8.92. The van der Waals surface area contributed by atoms with Crippen LogP contribution in [0.25, 0.3) is 6.08 Å². The minimum atomic E-state index is -0.975. The van der Waals surface area contributed by atoms with Crippen LogP contribution in [0.2, 0.25) is 5.02 Å². The Balaban J connectivity index is 2.09. The maximum atomic E-state index is 12.9. The number of ether oxygens (including phenoxy) is 1. The van der Waals surface area contributed by atoms with Crippen LogP contribution >= 0.6 is 11.6 Å². The van der Waals surface area contributed by atoms with E-state index in [9.17, 15) is 29.6 Å². The first-order chi connectivity index (χ1) is 14.2. The molecule has 0 atom stereocenters. The number of nitro benzene ring substituents is 1. The largest absolute Gasteiger partial charge is 0.500 e. The van der Waals surface area contributed by atoms with E-state index in [2.05, 4.69) is 0 Å². The monoisotopic (exact) mass is 431 g/mol. The number of amides is 4. The van der Waals surface area contributed by atoms with Gasteiger partial charge in [-0.1, -0.05) is 17.7 Å². The number of benzene rings is 2. The van der Waals surface area contributed by atoms with Gasteiger partial charge in [-0.2, -0.15) is 0 Å². The molecular formula is C19H14ClN3O7. The fraction of sp³-hybridized carbons (Fsp3) is 0.105. The van der Waals surface area contributed by atoms with E-state index in [0.717, 1.165) is 17.0 Å². The molecule has 11 heteroatoms. The Morgan fingerprint density at radius 2 is 2.00 bits per heavy atom. The molecular weight excluding hydrogens is 418 g/mol. The number of hydrogen-bond acceptors (Lipinski definition) is 7. The Labute approximate surface area is 174 Å². The lowest BCUT2D eigenvalue weighted by Crippen LogP contribution is -2.54. The number of anilines is 1. The molecule has 1 fully saturated rings. The zero-order chi connectivity index (χ0) is 22.0. The van der Waals surface area contributed by atoms with Crippen LogP contribution in [-0.4, -0.2) is 34.5 Å². The second-order valence-corrected chi connectivity index (χ2v) is 6.45. The van der Waals surface area contributed by atoms with E-state index in [1.165, 1.54) is 24.3 Å². The van der Waals surface area contributed by atoms with Crippen molar-refractivity contribution in [2.45, 2.75) is 6.92 Å². The molecule has 0 unspecified atom stereocenters. The molecule has 10 nitrogen and oxygen atoms in total. The highest BCUT2D eigenvalue weighted by molar-refractivity contribution is 6.39. The summed E-state index contributed by atoms with van der Waals surface area (Å²) in [5.41, 5.74) is -0.937. The summed E-state index contributed by atoms with van der Waals surface area (Å²) in [6.45, 7) is 1.73. The second kappa shape index (κ2) is 8.21. The first kappa shape index (κ1) is 20.8. The molecule has 0 radical (unpaired) electrons. The van der Waals surface area contributed by atoms with Gasteiger partial charge >= 0.3 is 11.7 Å². The summed E-state index contributed by atoms with van der Waals surface area (Å²) in [7, 11) is 0. The number of urea groups is 1. The number of hydrogen-bond donors (Lipinski definition) is 2. The molecule has 4 amide bonds. The summed E-state index contributed by atoms with van der Waals surface area (Å²) in [6, 6.07) is 7.14. The Morgan fingerprint density at radius 1 is 1.27 bits per heavy atom. The maximum Gasteiger partial charge on any atom is 0.335 e. The second-order valence-electron chi connectivity index (χ2n) is 6.01. The van der Waals surface area contributed by atoms with Crippen LogP contribution in [0.5, 0.6) is 11.5 Å². The van der Waals surface area contributed by atoms with Crippen molar-refractivity contribution in [3.8, 4) is 11.5 Å². The number of halogens is 1. The van der Waals surface area contributed by atoms with Crippen molar-refractivity contribution >= 4 is 46.9 Å². The molecule has 0 aliphatic carbocycles. The van der Waals surface area contributed by atoms with Crippen LogP contribution in [0, 0.1) is 10.1 Å². The van der Waals surface area contributed by atoms with Crippen molar-refractivity contribution in [1.29, 1.82) is 0 Å². The van der Waals surface area contributed by atoms with Gasteiger partial charge in [0.2, 0.25) is 5.75 Å². The molecule has 2 aromatic rings. The highest BCUT2D eigenvalue weighted by atomic mass is 35.5. The molecule has 2 N–H and O–H groups in total. The third kappa shape index (κ3) is 3.94. The molecule has 0 aromatic heterocycles. The number of carbonyl (C=O) groups is 3. The van der Waals surface area contributed by atoms with Gasteiger partial charge in [-0.15, -0.1) is 0 Å². The number of nitrogens with zero attached hydrogens (tertiary/aromatic N) is 2. The van der Waals surface area contributed by atoms with Gasteiger partial charge in [0.1, 0.15) is 5.57 Å². The molecule has 30 heavy (non-hydrogen) atoms. The lowest BCUT2D eigenvalue weighted by atomic mass is 10.1. The number of phenolic OH excluding ortho intramolecular Hbond substituents is 1. The van der Waals surface area contributed by atoms with Crippen LogP contribution in [-0.2, 0) is 9.59 Å². The van der Waals surface area contributed by atoms with Gasteiger partial charge in [0, 0.05) is 11.1 Å². The molecule has 1 saturated heterocycles. The van der Waals surface area contributed by atoms with Crippen LogP contribution in [0.15, 0.2) is 42.0 Å². The quantitative estimate of drug-likeness (QED) is 0.321. The van der Waals surface area contributed by atoms with Gasteiger partial charge in [-0.25, -0.2) is 9.69 Å². The van der Waals surface area contributed by atoms with E-state index >= 15 is 0 Å². The Kier molecular flexibility index (Phi) is 5.70. The Morgan fingerprint density at radius 3 is 2.63 bits per heavy atom. The lowest BCUT2D eigenvalue weighted by molar-refractivity contribution is -0.386. The fourth-order valence-electron chi connectivity index (χ4n) is 2.78. The van der Waals surface area contributed by atoms with Crippen molar-refractivity contribution in [3.05, 3.63) is 62.7 Å². The van der Waals surface area contributed by atoms with E-state index < -0.39 is 39.8 Å². The van der Waals surface area contributed by atoms with Gasteiger partial charge in [0.25, 0.3) is 11.8 Å². The molecule has 154 valence electrons. The van der Waals surface area contributed by atoms with Crippen LogP contribution in [0.1, 0.15) is 12.5 Å². The van der Waals surface area contributed by atoms with Crippen molar-refractivity contribution in [2.24, 2.45) is 0 Å². The lowest BCUT2D eigenvalue weighted by Gasteiger charge is -2.26. The minimum absolute atomic E-state index is 0.0434. The standard InChI is InChI=1S/C19H14ClN3O7/c1-2-30-15-8-10(7-14(16(15)24)23(28)29)6-13-17(25)21-19(27)22(18(13)26)12-5-3-4-11(20)9-12/h3-9,24H,2H2,1H3,(H,21,25,27)/b13-6+. The molecule has 3 rings (SSSR count). The van der Waals surface area contributed by atoms with Crippen LogP contribution in [0.4, 0.5) is 16.2 Å². The van der Waals surface area contributed by atoms with E-state index in [0.29, 0.717) is 0 Å². The van der Waals surface area contributed by atoms with E-state index in [-0.39, 0.29) is 28.6 Å². The molecule has 0 spiro atoms. The smallest absolute Gasteiger partial charge is 0.335 e. The summed E-state index contributed by atoms with van der Waals surface area (Å²) in [4.78, 5) is 48.5. The topological polar surface area (TPSA) is 139 Å². The first-order valence-electron chi connectivity index (χ1n) is 8.54. The highest BCUT2D eigenvalue weighted by Gasteiger charge is 2.37. The molecule has 0 bridgehead atoms. The molecule has 1 aliphatic heterocycles.